The molecule has 18 heavy (non-hydrogen) atoms. The summed E-state index contributed by atoms with van der Waals surface area (Å²) in [5, 5.41) is 13.2. The second-order valence-corrected chi connectivity index (χ2v) is 5.50. The van der Waals surface area contributed by atoms with Crippen LogP contribution in [0.2, 0.25) is 0 Å². The van der Waals surface area contributed by atoms with E-state index >= 15 is 0 Å². The zero-order valence-electron chi connectivity index (χ0n) is 11.3. The molecule has 2 atom stereocenters. The molecule has 0 saturated heterocycles. The molecule has 0 radical (unpaired) electrons. The topological polar surface area (TPSA) is 32.3 Å². The van der Waals surface area contributed by atoms with E-state index in [1.807, 2.05) is 18.2 Å². The smallest absolute Gasteiger partial charge is 0.0626 e. The molecule has 0 spiro atoms. The molecule has 2 heteroatoms. The average molecular weight is 247 g/mol. The second-order valence-electron chi connectivity index (χ2n) is 5.50. The van der Waals surface area contributed by atoms with Gasteiger partial charge in [-0.05, 0) is 31.2 Å². The lowest BCUT2D eigenvalue weighted by atomic mass is 9.84. The Balaban J connectivity index is 1.93. The van der Waals surface area contributed by atoms with Gasteiger partial charge in [-0.2, -0.15) is 0 Å². The third-order valence-electron chi connectivity index (χ3n) is 4.21. The average Bonchev–Trinajstić information content (AvgIpc) is 2.46. The third kappa shape index (κ3) is 3.56. The van der Waals surface area contributed by atoms with Crippen molar-refractivity contribution in [1.82, 2.24) is 5.32 Å². The molecule has 2 N–H and O–H groups in total. The highest BCUT2D eigenvalue weighted by Gasteiger charge is 2.22. The number of aliphatic hydroxyl groups excluding tert-OH is 1. The minimum Gasteiger partial charge on any atom is -0.394 e. The first kappa shape index (κ1) is 13.6. The highest BCUT2D eigenvalue weighted by Crippen LogP contribution is 2.27. The second kappa shape index (κ2) is 6.91. The molecule has 1 fully saturated rings. The predicted molar refractivity (Wildman–Crippen MR) is 75.4 cm³/mol. The molecule has 2 unspecified atom stereocenters. The Kier molecular flexibility index (Phi) is 5.21. The number of hydrogen-bond acceptors (Lipinski definition) is 2. The summed E-state index contributed by atoms with van der Waals surface area (Å²) < 4.78 is 0. The molecular weight excluding hydrogens is 222 g/mol. The van der Waals surface area contributed by atoms with Crippen LogP contribution in [-0.4, -0.2) is 17.8 Å². The number of aliphatic hydroxyl groups is 1. The van der Waals surface area contributed by atoms with Crippen molar-refractivity contribution in [3.63, 3.8) is 0 Å². The fraction of sp³-hybridized carbons (Fsp3) is 0.625. The summed E-state index contributed by atoms with van der Waals surface area (Å²) in [7, 11) is 0. The summed E-state index contributed by atoms with van der Waals surface area (Å²) in [5.41, 5.74) is 1.18. The summed E-state index contributed by atoms with van der Waals surface area (Å²) in [6.45, 7) is 2.43. The van der Waals surface area contributed by atoms with Crippen LogP contribution in [0.1, 0.15) is 50.6 Å². The summed E-state index contributed by atoms with van der Waals surface area (Å²) in [4.78, 5) is 0. The predicted octanol–water partition coefficient (Wildman–Crippen LogP) is 3.28. The van der Waals surface area contributed by atoms with Crippen molar-refractivity contribution in [3.05, 3.63) is 35.9 Å². The van der Waals surface area contributed by atoms with Crippen LogP contribution in [0.3, 0.4) is 0 Å². The molecule has 1 aliphatic carbocycles. The quantitative estimate of drug-likeness (QED) is 0.837. The fourth-order valence-electron chi connectivity index (χ4n) is 3.03. The minimum absolute atomic E-state index is 0.0723. The van der Waals surface area contributed by atoms with Gasteiger partial charge in [0.25, 0.3) is 0 Å². The van der Waals surface area contributed by atoms with Gasteiger partial charge in [0.15, 0.2) is 0 Å². The first-order chi connectivity index (χ1) is 8.81. The summed E-state index contributed by atoms with van der Waals surface area (Å²) >= 11 is 0. The number of rotatable bonds is 5. The number of benzene rings is 1. The van der Waals surface area contributed by atoms with Gasteiger partial charge in [-0.1, -0.05) is 49.6 Å². The standard InChI is InChI=1S/C16H25NO/c1-13(14-8-4-2-5-9-14)17-16(12-18)15-10-6-3-7-11-15/h3,6-7,10-11,13-14,16-18H,2,4-5,8-9,12H2,1H3. The van der Waals surface area contributed by atoms with E-state index in [1.165, 1.54) is 37.7 Å². The summed E-state index contributed by atoms with van der Waals surface area (Å²) in [6.07, 6.45) is 6.80. The third-order valence-corrected chi connectivity index (χ3v) is 4.21. The van der Waals surface area contributed by atoms with Gasteiger partial charge in [-0.15, -0.1) is 0 Å². The Morgan fingerprint density at radius 3 is 2.44 bits per heavy atom. The van der Waals surface area contributed by atoms with E-state index in [0.717, 1.165) is 5.92 Å². The van der Waals surface area contributed by atoms with Crippen LogP contribution in [0.15, 0.2) is 30.3 Å². The molecule has 2 nitrogen and oxygen atoms in total. The zero-order chi connectivity index (χ0) is 12.8. The van der Waals surface area contributed by atoms with Gasteiger partial charge in [0.2, 0.25) is 0 Å². The van der Waals surface area contributed by atoms with Crippen molar-refractivity contribution in [2.75, 3.05) is 6.61 Å². The van der Waals surface area contributed by atoms with Crippen LogP contribution in [-0.2, 0) is 0 Å². The number of hydrogen-bond donors (Lipinski definition) is 2. The fourth-order valence-corrected chi connectivity index (χ4v) is 3.03. The molecule has 1 aliphatic rings. The maximum absolute atomic E-state index is 9.56. The van der Waals surface area contributed by atoms with Crippen molar-refractivity contribution in [3.8, 4) is 0 Å². The zero-order valence-corrected chi connectivity index (χ0v) is 11.3. The van der Waals surface area contributed by atoms with Crippen molar-refractivity contribution in [1.29, 1.82) is 0 Å². The van der Waals surface area contributed by atoms with Crippen molar-refractivity contribution < 1.29 is 5.11 Å². The van der Waals surface area contributed by atoms with Crippen LogP contribution >= 0.6 is 0 Å². The lowest BCUT2D eigenvalue weighted by molar-refractivity contribution is 0.204. The van der Waals surface area contributed by atoms with Crippen LogP contribution < -0.4 is 5.32 Å². The Morgan fingerprint density at radius 1 is 1.17 bits per heavy atom. The molecule has 100 valence electrons. The molecule has 0 heterocycles. The van der Waals surface area contributed by atoms with E-state index in [4.69, 9.17) is 0 Å². The van der Waals surface area contributed by atoms with E-state index in [2.05, 4.69) is 24.4 Å². The first-order valence-corrected chi connectivity index (χ1v) is 7.23. The molecule has 0 amide bonds. The SMILES string of the molecule is CC(NC(CO)c1ccccc1)C1CCCCC1. The maximum atomic E-state index is 9.56. The molecule has 0 aromatic heterocycles. The van der Waals surface area contributed by atoms with Gasteiger partial charge < -0.3 is 10.4 Å². The molecule has 0 aliphatic heterocycles. The maximum Gasteiger partial charge on any atom is 0.0626 e. The Hall–Kier alpha value is -0.860. The summed E-state index contributed by atoms with van der Waals surface area (Å²) in [6, 6.07) is 10.8. The largest absolute Gasteiger partial charge is 0.394 e. The molecule has 2 rings (SSSR count). The van der Waals surface area contributed by atoms with Gasteiger partial charge in [0.1, 0.15) is 0 Å². The minimum atomic E-state index is 0.0723. The van der Waals surface area contributed by atoms with E-state index in [9.17, 15) is 5.11 Å². The van der Waals surface area contributed by atoms with Crippen LogP contribution in [0.5, 0.6) is 0 Å². The van der Waals surface area contributed by atoms with Gasteiger partial charge in [0.05, 0.1) is 12.6 Å². The monoisotopic (exact) mass is 247 g/mol. The van der Waals surface area contributed by atoms with Gasteiger partial charge in [-0.3, -0.25) is 0 Å². The molecule has 1 saturated carbocycles. The van der Waals surface area contributed by atoms with E-state index < -0.39 is 0 Å². The number of nitrogens with one attached hydrogen (secondary N) is 1. The highest BCUT2D eigenvalue weighted by atomic mass is 16.3. The van der Waals surface area contributed by atoms with Gasteiger partial charge in [0, 0.05) is 6.04 Å². The molecule has 1 aromatic rings. The Morgan fingerprint density at radius 2 is 1.83 bits per heavy atom. The lowest BCUT2D eigenvalue weighted by Gasteiger charge is -2.31. The van der Waals surface area contributed by atoms with Crippen molar-refractivity contribution >= 4 is 0 Å². The normalized spacial score (nSPS) is 20.6. The van der Waals surface area contributed by atoms with E-state index in [-0.39, 0.29) is 12.6 Å². The van der Waals surface area contributed by atoms with Crippen LogP contribution in [0.4, 0.5) is 0 Å². The highest BCUT2D eigenvalue weighted by molar-refractivity contribution is 5.19. The van der Waals surface area contributed by atoms with E-state index in [1.54, 1.807) is 0 Å². The van der Waals surface area contributed by atoms with Gasteiger partial charge in [-0.25, -0.2) is 0 Å². The summed E-state index contributed by atoms with van der Waals surface area (Å²) in [5.74, 6) is 0.775. The van der Waals surface area contributed by atoms with Crippen LogP contribution in [0, 0.1) is 5.92 Å². The lowest BCUT2D eigenvalue weighted by Crippen LogP contribution is -2.38. The molecular formula is C16H25NO. The Bertz CT molecular complexity index is 332. The van der Waals surface area contributed by atoms with Gasteiger partial charge >= 0.3 is 0 Å². The van der Waals surface area contributed by atoms with Crippen molar-refractivity contribution in [2.45, 2.75) is 51.1 Å². The molecule has 1 aromatic carbocycles. The molecule has 0 bridgehead atoms. The first-order valence-electron chi connectivity index (χ1n) is 7.23. The van der Waals surface area contributed by atoms with Crippen LogP contribution in [0.25, 0.3) is 0 Å². The van der Waals surface area contributed by atoms with E-state index in [0.29, 0.717) is 6.04 Å². The van der Waals surface area contributed by atoms with Crippen molar-refractivity contribution in [2.24, 2.45) is 5.92 Å². The Labute approximate surface area is 110 Å².